The van der Waals surface area contributed by atoms with Crippen LogP contribution in [0.3, 0.4) is 0 Å². The second-order valence-corrected chi connectivity index (χ2v) is 6.90. The lowest BCUT2D eigenvalue weighted by Gasteiger charge is -2.22. The van der Waals surface area contributed by atoms with Gasteiger partial charge in [0.25, 0.3) is 0 Å². The first-order valence-electron chi connectivity index (χ1n) is 9.52. The van der Waals surface area contributed by atoms with Crippen molar-refractivity contribution < 1.29 is 13.9 Å². The molecule has 28 heavy (non-hydrogen) atoms. The highest BCUT2D eigenvalue weighted by molar-refractivity contribution is 5.79. The quantitative estimate of drug-likeness (QED) is 0.406. The van der Waals surface area contributed by atoms with Crippen LogP contribution < -0.4 is 10.1 Å². The first-order chi connectivity index (χ1) is 13.6. The third kappa shape index (κ3) is 6.49. The molecule has 150 valence electrons. The van der Waals surface area contributed by atoms with Crippen molar-refractivity contribution in [1.29, 1.82) is 0 Å². The van der Waals surface area contributed by atoms with Crippen molar-refractivity contribution in [3.63, 3.8) is 0 Å². The maximum atomic E-state index is 12.9. The molecule has 1 fully saturated rings. The number of aliphatic imine (C=N–C) groups is 1. The normalized spacial score (nSPS) is 14.0. The number of benzene rings is 1. The second-order valence-electron chi connectivity index (χ2n) is 6.90. The van der Waals surface area contributed by atoms with E-state index in [1.54, 1.807) is 31.4 Å². The van der Waals surface area contributed by atoms with E-state index in [-0.39, 0.29) is 5.82 Å². The first-order valence-corrected chi connectivity index (χ1v) is 9.52. The Morgan fingerprint density at radius 3 is 2.68 bits per heavy atom. The van der Waals surface area contributed by atoms with Gasteiger partial charge in [-0.15, -0.1) is 0 Å². The lowest BCUT2D eigenvalue weighted by Crippen LogP contribution is -2.40. The van der Waals surface area contributed by atoms with Gasteiger partial charge in [0.1, 0.15) is 11.6 Å². The number of pyridine rings is 1. The Morgan fingerprint density at radius 1 is 1.25 bits per heavy atom. The zero-order chi connectivity index (χ0) is 19.8. The van der Waals surface area contributed by atoms with Gasteiger partial charge in [0.05, 0.1) is 6.61 Å². The molecule has 1 aliphatic rings. The molecule has 0 spiro atoms. The standard InChI is InChI=1S/C21H27FN4O2/c1-23-21(26(2)11-12-27-15-16-3-4-16)25-14-17-5-10-20(24-13-17)28-19-8-6-18(22)7-9-19/h5-10,13,16H,3-4,11-12,14-15H2,1-2H3,(H,23,25). The van der Waals surface area contributed by atoms with Gasteiger partial charge in [-0.25, -0.2) is 9.37 Å². The zero-order valence-electron chi connectivity index (χ0n) is 16.4. The molecule has 1 N–H and O–H groups in total. The van der Waals surface area contributed by atoms with E-state index in [0.29, 0.717) is 24.8 Å². The highest BCUT2D eigenvalue weighted by Gasteiger charge is 2.21. The fraction of sp³-hybridized carbons (Fsp3) is 0.429. The van der Waals surface area contributed by atoms with Crippen LogP contribution in [0.15, 0.2) is 47.6 Å². The molecule has 0 radical (unpaired) electrons. The van der Waals surface area contributed by atoms with E-state index in [1.165, 1.54) is 25.0 Å². The van der Waals surface area contributed by atoms with Gasteiger partial charge in [-0.05, 0) is 48.6 Å². The van der Waals surface area contributed by atoms with E-state index in [0.717, 1.165) is 30.6 Å². The van der Waals surface area contributed by atoms with Gasteiger partial charge in [0.2, 0.25) is 5.88 Å². The minimum atomic E-state index is -0.297. The number of nitrogens with zero attached hydrogens (tertiary/aromatic N) is 3. The van der Waals surface area contributed by atoms with Crippen LogP contribution >= 0.6 is 0 Å². The van der Waals surface area contributed by atoms with E-state index >= 15 is 0 Å². The summed E-state index contributed by atoms with van der Waals surface area (Å²) in [6.45, 7) is 2.96. The minimum Gasteiger partial charge on any atom is -0.439 e. The van der Waals surface area contributed by atoms with Gasteiger partial charge in [0.15, 0.2) is 5.96 Å². The number of guanidine groups is 1. The van der Waals surface area contributed by atoms with Crippen LogP contribution in [0.2, 0.25) is 0 Å². The highest BCUT2D eigenvalue weighted by Crippen LogP contribution is 2.28. The van der Waals surface area contributed by atoms with Crippen LogP contribution in [-0.4, -0.2) is 49.7 Å². The molecule has 0 unspecified atom stereocenters. The largest absolute Gasteiger partial charge is 0.439 e. The van der Waals surface area contributed by atoms with E-state index in [2.05, 4.69) is 15.3 Å². The molecule has 0 atom stereocenters. The lowest BCUT2D eigenvalue weighted by atomic mass is 10.3. The third-order valence-corrected chi connectivity index (χ3v) is 4.48. The second kappa shape index (κ2) is 10.0. The van der Waals surface area contributed by atoms with Gasteiger partial charge in [-0.2, -0.15) is 0 Å². The summed E-state index contributed by atoms with van der Waals surface area (Å²) < 4.78 is 24.2. The number of aromatic nitrogens is 1. The molecule has 0 amide bonds. The minimum absolute atomic E-state index is 0.297. The summed E-state index contributed by atoms with van der Waals surface area (Å²) in [5.41, 5.74) is 1.01. The van der Waals surface area contributed by atoms with Gasteiger partial charge in [-0.1, -0.05) is 6.07 Å². The van der Waals surface area contributed by atoms with Crippen LogP contribution in [-0.2, 0) is 11.3 Å². The molecule has 6 nitrogen and oxygen atoms in total. The Labute approximate surface area is 165 Å². The van der Waals surface area contributed by atoms with Crippen LogP contribution in [0, 0.1) is 11.7 Å². The summed E-state index contributed by atoms with van der Waals surface area (Å²) in [6, 6.07) is 9.57. The van der Waals surface area contributed by atoms with Crippen molar-refractivity contribution in [3.05, 3.63) is 54.0 Å². The van der Waals surface area contributed by atoms with Crippen LogP contribution in [0.5, 0.6) is 11.6 Å². The lowest BCUT2D eigenvalue weighted by molar-refractivity contribution is 0.115. The van der Waals surface area contributed by atoms with Crippen LogP contribution in [0.25, 0.3) is 0 Å². The third-order valence-electron chi connectivity index (χ3n) is 4.48. The van der Waals surface area contributed by atoms with E-state index in [4.69, 9.17) is 9.47 Å². The molecule has 1 saturated carbocycles. The fourth-order valence-corrected chi connectivity index (χ4v) is 2.61. The summed E-state index contributed by atoms with van der Waals surface area (Å²) in [5, 5.41) is 3.32. The molecule has 1 aromatic heterocycles. The molecule has 3 rings (SSSR count). The summed E-state index contributed by atoms with van der Waals surface area (Å²) >= 11 is 0. The molecular weight excluding hydrogens is 359 g/mol. The van der Waals surface area contributed by atoms with E-state index < -0.39 is 0 Å². The van der Waals surface area contributed by atoms with Crippen molar-refractivity contribution in [1.82, 2.24) is 15.2 Å². The SMILES string of the molecule is CN=C(NCc1ccc(Oc2ccc(F)cc2)nc1)N(C)CCOCC1CC1. The Kier molecular flexibility index (Phi) is 7.19. The maximum absolute atomic E-state index is 12.9. The van der Waals surface area contributed by atoms with Crippen LogP contribution in [0.1, 0.15) is 18.4 Å². The molecule has 1 aromatic carbocycles. The fourth-order valence-electron chi connectivity index (χ4n) is 2.61. The number of hydrogen-bond donors (Lipinski definition) is 1. The van der Waals surface area contributed by atoms with Gasteiger partial charge in [0, 0.05) is 46.1 Å². The highest BCUT2D eigenvalue weighted by atomic mass is 19.1. The van der Waals surface area contributed by atoms with Crippen molar-refractivity contribution in [2.24, 2.45) is 10.9 Å². The Hall–Kier alpha value is -2.67. The predicted molar refractivity (Wildman–Crippen MR) is 107 cm³/mol. The number of rotatable bonds is 9. The summed E-state index contributed by atoms with van der Waals surface area (Å²) in [7, 11) is 3.76. The van der Waals surface area contributed by atoms with E-state index in [9.17, 15) is 4.39 Å². The summed E-state index contributed by atoms with van der Waals surface area (Å²) in [4.78, 5) is 10.7. The van der Waals surface area contributed by atoms with Crippen molar-refractivity contribution in [2.75, 3.05) is 33.9 Å². The molecule has 7 heteroatoms. The Balaban J connectivity index is 1.42. The predicted octanol–water partition coefficient (Wildman–Crippen LogP) is 3.45. The average molecular weight is 386 g/mol. The Morgan fingerprint density at radius 2 is 2.04 bits per heavy atom. The molecule has 0 aliphatic heterocycles. The van der Waals surface area contributed by atoms with Gasteiger partial charge in [-0.3, -0.25) is 4.99 Å². The number of halogens is 1. The number of ether oxygens (including phenoxy) is 2. The first kappa shape index (κ1) is 20.1. The van der Waals surface area contributed by atoms with Crippen LogP contribution in [0.4, 0.5) is 4.39 Å². The Bertz CT molecular complexity index is 761. The number of nitrogens with one attached hydrogen (secondary N) is 1. The van der Waals surface area contributed by atoms with Crippen molar-refractivity contribution in [3.8, 4) is 11.6 Å². The topological polar surface area (TPSA) is 59.0 Å². The smallest absolute Gasteiger partial charge is 0.219 e. The van der Waals surface area contributed by atoms with Gasteiger partial charge < -0.3 is 19.7 Å². The molecule has 0 saturated heterocycles. The number of hydrogen-bond acceptors (Lipinski definition) is 4. The zero-order valence-corrected chi connectivity index (χ0v) is 16.4. The monoisotopic (exact) mass is 386 g/mol. The maximum Gasteiger partial charge on any atom is 0.219 e. The van der Waals surface area contributed by atoms with Gasteiger partial charge >= 0.3 is 0 Å². The summed E-state index contributed by atoms with van der Waals surface area (Å²) in [5.74, 6) is 2.30. The molecular formula is C21H27FN4O2. The average Bonchev–Trinajstić information content (AvgIpc) is 3.53. The number of likely N-dealkylation sites (N-methyl/N-ethyl adjacent to an activating group) is 1. The molecule has 1 heterocycles. The van der Waals surface area contributed by atoms with Crippen molar-refractivity contribution >= 4 is 5.96 Å². The van der Waals surface area contributed by atoms with Crippen molar-refractivity contribution in [2.45, 2.75) is 19.4 Å². The molecule has 2 aromatic rings. The van der Waals surface area contributed by atoms with E-state index in [1.807, 2.05) is 18.0 Å². The summed E-state index contributed by atoms with van der Waals surface area (Å²) in [6.07, 6.45) is 4.36. The molecule has 1 aliphatic carbocycles. The molecule has 0 bridgehead atoms.